The zero-order valence-corrected chi connectivity index (χ0v) is 14.4. The first kappa shape index (κ1) is 16.8. The van der Waals surface area contributed by atoms with Crippen LogP contribution in [0.2, 0.25) is 0 Å². The van der Waals surface area contributed by atoms with Gasteiger partial charge in [0.1, 0.15) is 17.3 Å². The lowest BCUT2D eigenvalue weighted by molar-refractivity contribution is -0.117. The summed E-state index contributed by atoms with van der Waals surface area (Å²) in [5.41, 5.74) is 7.45. The van der Waals surface area contributed by atoms with Crippen LogP contribution in [0.1, 0.15) is 12.0 Å². The van der Waals surface area contributed by atoms with Gasteiger partial charge in [0.25, 0.3) is 0 Å². The van der Waals surface area contributed by atoms with Crippen molar-refractivity contribution < 1.29 is 9.18 Å². The highest BCUT2D eigenvalue weighted by molar-refractivity contribution is 5.99. The summed E-state index contributed by atoms with van der Waals surface area (Å²) in [5, 5.41) is 12.0. The van der Waals surface area contributed by atoms with Gasteiger partial charge in [-0.3, -0.25) is 9.78 Å². The third-order valence-corrected chi connectivity index (χ3v) is 4.70. The molecule has 0 saturated heterocycles. The molecule has 3 aromatic heterocycles. The molecule has 2 atom stereocenters. The second kappa shape index (κ2) is 6.29. The number of hydrogen-bond donors (Lipinski definition) is 2. The van der Waals surface area contributed by atoms with E-state index in [0.717, 1.165) is 5.56 Å². The average Bonchev–Trinajstić information content (AvgIpc) is 3.45. The Kier molecular flexibility index (Phi) is 3.92. The number of hydrogen-bond acceptors (Lipinski definition) is 6. The Bertz CT molecular complexity index is 1120. The molecular formula is C19H15FN6O. The molecule has 1 fully saturated rings. The minimum Gasteiger partial charge on any atom is -0.383 e. The molecule has 1 saturated carbocycles. The Morgan fingerprint density at radius 3 is 2.93 bits per heavy atom. The zero-order valence-electron chi connectivity index (χ0n) is 14.4. The number of rotatable bonds is 3. The van der Waals surface area contributed by atoms with E-state index < -0.39 is 5.82 Å². The van der Waals surface area contributed by atoms with Gasteiger partial charge in [-0.15, -0.1) is 0 Å². The van der Waals surface area contributed by atoms with Crippen molar-refractivity contribution in [2.45, 2.75) is 13.3 Å². The summed E-state index contributed by atoms with van der Waals surface area (Å²) >= 11 is 0. The second-order valence-corrected chi connectivity index (χ2v) is 6.53. The number of fused-ring (bicyclic) bond motifs is 1. The van der Waals surface area contributed by atoms with Gasteiger partial charge in [-0.25, -0.2) is 14.4 Å². The number of nitrogen functional groups attached to an aromatic ring is 1. The number of carbonyl (C=O) groups excluding carboxylic acids is 1. The fourth-order valence-corrected chi connectivity index (χ4v) is 3.00. The summed E-state index contributed by atoms with van der Waals surface area (Å²) in [6.45, 7) is 1.83. The number of pyridine rings is 3. The maximum atomic E-state index is 15.2. The second-order valence-electron chi connectivity index (χ2n) is 6.53. The molecule has 2 unspecified atom stereocenters. The maximum Gasteiger partial charge on any atom is 0.230 e. The van der Waals surface area contributed by atoms with Crippen molar-refractivity contribution >= 4 is 28.3 Å². The van der Waals surface area contributed by atoms with Gasteiger partial charge < -0.3 is 11.1 Å². The number of carbonyl (C=O) groups is 1. The fraction of sp³-hybridized carbons (Fsp3) is 0.211. The number of aryl methyl sites for hydroxylation is 1. The lowest BCUT2D eigenvalue weighted by atomic mass is 10.0. The van der Waals surface area contributed by atoms with Crippen LogP contribution in [0.4, 0.5) is 16.0 Å². The molecule has 3 aromatic rings. The minimum atomic E-state index is -0.561. The molecule has 4 rings (SSSR count). The normalized spacial score (nSPS) is 18.1. The predicted molar refractivity (Wildman–Crippen MR) is 97.7 cm³/mol. The van der Waals surface area contributed by atoms with Crippen molar-refractivity contribution in [1.29, 1.82) is 5.26 Å². The topological polar surface area (TPSA) is 118 Å². The smallest absolute Gasteiger partial charge is 0.230 e. The van der Waals surface area contributed by atoms with Crippen molar-refractivity contribution in [2.75, 3.05) is 11.1 Å². The number of nitriles is 1. The van der Waals surface area contributed by atoms with Gasteiger partial charge >= 0.3 is 0 Å². The number of nitrogens with one attached hydrogen (secondary N) is 1. The van der Waals surface area contributed by atoms with Crippen molar-refractivity contribution in [3.8, 4) is 17.3 Å². The first-order chi connectivity index (χ1) is 13.0. The fourth-order valence-electron chi connectivity index (χ4n) is 3.00. The number of halogens is 1. The summed E-state index contributed by atoms with van der Waals surface area (Å²) in [4.78, 5) is 24.4. The van der Waals surface area contributed by atoms with Crippen LogP contribution in [-0.4, -0.2) is 20.9 Å². The highest BCUT2D eigenvalue weighted by atomic mass is 19.1. The third kappa shape index (κ3) is 2.93. The number of amides is 1. The van der Waals surface area contributed by atoms with Crippen LogP contribution in [0.3, 0.4) is 0 Å². The van der Waals surface area contributed by atoms with E-state index >= 15 is 4.39 Å². The van der Waals surface area contributed by atoms with E-state index in [1.807, 2.05) is 6.92 Å². The Morgan fingerprint density at radius 1 is 1.41 bits per heavy atom. The SMILES string of the molecule is Cc1ccncc1-c1nc(N)c2cnc(NC(=O)C3CC3C#N)cc2c1F. The van der Waals surface area contributed by atoms with E-state index in [0.29, 0.717) is 17.4 Å². The van der Waals surface area contributed by atoms with Crippen LogP contribution in [0.5, 0.6) is 0 Å². The lowest BCUT2D eigenvalue weighted by Crippen LogP contribution is -2.15. The molecule has 1 aliphatic carbocycles. The van der Waals surface area contributed by atoms with E-state index in [1.54, 1.807) is 12.3 Å². The van der Waals surface area contributed by atoms with Gasteiger partial charge in [0.2, 0.25) is 5.91 Å². The molecule has 0 spiro atoms. The highest BCUT2D eigenvalue weighted by Crippen LogP contribution is 2.38. The van der Waals surface area contributed by atoms with E-state index in [9.17, 15) is 4.79 Å². The average molecular weight is 362 g/mol. The van der Waals surface area contributed by atoms with Crippen molar-refractivity contribution in [3.05, 3.63) is 42.1 Å². The number of anilines is 2. The monoisotopic (exact) mass is 362 g/mol. The molecular weight excluding hydrogens is 347 g/mol. The Hall–Kier alpha value is -3.60. The van der Waals surface area contributed by atoms with Crippen LogP contribution in [0.25, 0.3) is 22.0 Å². The molecule has 0 bridgehead atoms. The highest BCUT2D eigenvalue weighted by Gasteiger charge is 2.43. The molecule has 8 heteroatoms. The predicted octanol–water partition coefficient (Wildman–Crippen LogP) is 2.82. The summed E-state index contributed by atoms with van der Waals surface area (Å²) in [7, 11) is 0. The van der Waals surface area contributed by atoms with Crippen molar-refractivity contribution in [2.24, 2.45) is 11.8 Å². The molecule has 7 nitrogen and oxygen atoms in total. The number of aromatic nitrogens is 3. The molecule has 134 valence electrons. The first-order valence-corrected chi connectivity index (χ1v) is 8.35. The summed E-state index contributed by atoms with van der Waals surface area (Å²) < 4.78 is 15.2. The quantitative estimate of drug-likeness (QED) is 0.740. The van der Waals surface area contributed by atoms with Crippen LogP contribution in [-0.2, 0) is 4.79 Å². The molecule has 27 heavy (non-hydrogen) atoms. The minimum absolute atomic E-state index is 0.0980. The van der Waals surface area contributed by atoms with Gasteiger partial charge in [-0.2, -0.15) is 5.26 Å². The number of nitrogens with zero attached hydrogens (tertiary/aromatic N) is 4. The van der Waals surface area contributed by atoms with E-state index in [1.165, 1.54) is 18.5 Å². The van der Waals surface area contributed by atoms with Crippen LogP contribution in [0, 0.1) is 35.9 Å². The zero-order chi connectivity index (χ0) is 19.1. The van der Waals surface area contributed by atoms with Gasteiger partial charge in [0.05, 0.1) is 17.9 Å². The van der Waals surface area contributed by atoms with Gasteiger partial charge in [-0.05, 0) is 31.0 Å². The number of nitrogens with two attached hydrogens (primary N) is 1. The third-order valence-electron chi connectivity index (χ3n) is 4.70. The molecule has 0 aliphatic heterocycles. The van der Waals surface area contributed by atoms with Crippen LogP contribution in [0.15, 0.2) is 30.7 Å². The Balaban J connectivity index is 1.76. The summed E-state index contributed by atoms with van der Waals surface area (Å²) in [6.07, 6.45) is 5.06. The molecule has 3 heterocycles. The molecule has 0 aromatic carbocycles. The van der Waals surface area contributed by atoms with Gasteiger partial charge in [0.15, 0.2) is 5.82 Å². The molecule has 3 N–H and O–H groups in total. The first-order valence-electron chi connectivity index (χ1n) is 8.35. The van der Waals surface area contributed by atoms with Gasteiger partial charge in [-0.1, -0.05) is 0 Å². The largest absolute Gasteiger partial charge is 0.383 e. The summed E-state index contributed by atoms with van der Waals surface area (Å²) in [5.74, 6) is -1.11. The molecule has 1 aliphatic rings. The van der Waals surface area contributed by atoms with Crippen molar-refractivity contribution in [1.82, 2.24) is 15.0 Å². The van der Waals surface area contributed by atoms with E-state index in [-0.39, 0.29) is 40.5 Å². The maximum absolute atomic E-state index is 15.2. The molecule has 0 radical (unpaired) electrons. The Labute approximate surface area is 154 Å². The van der Waals surface area contributed by atoms with Gasteiger partial charge in [0, 0.05) is 34.9 Å². The van der Waals surface area contributed by atoms with Crippen LogP contribution >= 0.6 is 0 Å². The van der Waals surface area contributed by atoms with Crippen molar-refractivity contribution in [3.63, 3.8) is 0 Å². The lowest BCUT2D eigenvalue weighted by Gasteiger charge is -2.11. The van der Waals surface area contributed by atoms with E-state index in [2.05, 4.69) is 26.3 Å². The Morgan fingerprint density at radius 2 is 2.22 bits per heavy atom. The summed E-state index contributed by atoms with van der Waals surface area (Å²) in [6, 6.07) is 5.25. The standard InChI is InChI=1S/C19H15FN6O/c1-9-2-3-23-7-13(9)17-16(20)12-5-15(24-8-14(12)18(22)26-17)25-19(27)11-4-10(11)6-21/h2-3,5,7-8,10-11H,4H2,1H3,(H2,22,26)(H,24,25,27). The van der Waals surface area contributed by atoms with Crippen LogP contribution < -0.4 is 11.1 Å². The van der Waals surface area contributed by atoms with E-state index in [4.69, 9.17) is 11.0 Å². The molecule has 1 amide bonds.